The fraction of sp³-hybridized carbons (Fsp3) is 0.818. The predicted octanol–water partition coefficient (Wildman–Crippen LogP) is 1.97. The van der Waals surface area contributed by atoms with Crippen LogP contribution in [0.3, 0.4) is 0 Å². The molecule has 1 N–H and O–H groups in total. The lowest BCUT2D eigenvalue weighted by atomic mass is 9.92. The minimum atomic E-state index is 0.187. The Morgan fingerprint density at radius 1 is 1.27 bits per heavy atom. The Morgan fingerprint density at radius 2 is 2.00 bits per heavy atom. The highest BCUT2D eigenvalue weighted by Gasteiger charge is 2.15. The van der Waals surface area contributed by atoms with Crippen molar-refractivity contribution < 1.29 is 9.63 Å². The topological polar surface area (TPSA) is 59.2 Å². The van der Waals surface area contributed by atoms with Crippen LogP contribution in [0.1, 0.15) is 45.3 Å². The molecule has 4 heteroatoms. The van der Waals surface area contributed by atoms with Crippen LogP contribution in [0, 0.1) is 5.41 Å². The van der Waals surface area contributed by atoms with Crippen molar-refractivity contribution >= 4 is 0 Å². The second-order valence-electron chi connectivity index (χ2n) is 5.02. The first-order chi connectivity index (χ1) is 7.01. The van der Waals surface area contributed by atoms with E-state index in [1.165, 1.54) is 0 Å². The molecule has 1 aromatic rings. The third-order valence-electron chi connectivity index (χ3n) is 2.00. The van der Waals surface area contributed by atoms with Crippen LogP contribution in [0.4, 0.5) is 0 Å². The summed E-state index contributed by atoms with van der Waals surface area (Å²) in [5.74, 6) is 1.46. The first kappa shape index (κ1) is 12.2. The van der Waals surface area contributed by atoms with Crippen LogP contribution < -0.4 is 0 Å². The van der Waals surface area contributed by atoms with Crippen molar-refractivity contribution in [2.45, 2.75) is 46.5 Å². The molecule has 1 rings (SSSR count). The summed E-state index contributed by atoms with van der Waals surface area (Å²) in [5, 5.41) is 12.6. The molecule has 0 saturated heterocycles. The van der Waals surface area contributed by atoms with E-state index in [2.05, 4.69) is 30.9 Å². The molecule has 86 valence electrons. The highest BCUT2D eigenvalue weighted by Crippen LogP contribution is 2.18. The number of nitrogens with zero attached hydrogens (tertiary/aromatic N) is 2. The van der Waals surface area contributed by atoms with Crippen molar-refractivity contribution in [1.82, 2.24) is 10.1 Å². The summed E-state index contributed by atoms with van der Waals surface area (Å²) in [5.41, 5.74) is 0.187. The Morgan fingerprint density at radius 3 is 2.60 bits per heavy atom. The number of rotatable bonds is 5. The maximum Gasteiger partial charge on any atom is 0.226 e. The largest absolute Gasteiger partial charge is 0.396 e. The van der Waals surface area contributed by atoms with Gasteiger partial charge in [-0.3, -0.25) is 0 Å². The van der Waals surface area contributed by atoms with Crippen molar-refractivity contribution in [3.05, 3.63) is 11.7 Å². The van der Waals surface area contributed by atoms with Crippen molar-refractivity contribution in [1.29, 1.82) is 0 Å². The second kappa shape index (κ2) is 5.26. The van der Waals surface area contributed by atoms with Crippen molar-refractivity contribution in [2.24, 2.45) is 5.41 Å². The summed E-state index contributed by atoms with van der Waals surface area (Å²) in [6.45, 7) is 6.67. The molecule has 1 aromatic heterocycles. The molecule has 0 spiro atoms. The minimum Gasteiger partial charge on any atom is -0.396 e. The van der Waals surface area contributed by atoms with Gasteiger partial charge in [-0.05, 0) is 18.3 Å². The Balaban J connectivity index is 2.42. The van der Waals surface area contributed by atoms with Gasteiger partial charge in [-0.1, -0.05) is 25.9 Å². The predicted molar refractivity (Wildman–Crippen MR) is 57.5 cm³/mol. The summed E-state index contributed by atoms with van der Waals surface area (Å²) in [6.07, 6.45) is 3.28. The van der Waals surface area contributed by atoms with E-state index in [1.54, 1.807) is 0 Å². The van der Waals surface area contributed by atoms with Gasteiger partial charge in [0, 0.05) is 19.4 Å². The number of hydrogen-bond acceptors (Lipinski definition) is 4. The Kier molecular flexibility index (Phi) is 4.27. The van der Waals surface area contributed by atoms with Crippen LogP contribution in [0.25, 0.3) is 0 Å². The van der Waals surface area contributed by atoms with Gasteiger partial charge in [-0.15, -0.1) is 0 Å². The molecule has 0 atom stereocenters. The second-order valence-corrected chi connectivity index (χ2v) is 5.02. The Labute approximate surface area is 90.7 Å². The summed E-state index contributed by atoms with van der Waals surface area (Å²) in [4.78, 5) is 4.31. The molecule has 0 aliphatic rings. The fourth-order valence-corrected chi connectivity index (χ4v) is 1.33. The van der Waals surface area contributed by atoms with E-state index in [9.17, 15) is 0 Å². The third kappa shape index (κ3) is 4.93. The van der Waals surface area contributed by atoms with E-state index in [0.29, 0.717) is 5.89 Å². The summed E-state index contributed by atoms with van der Waals surface area (Å²) >= 11 is 0. The van der Waals surface area contributed by atoms with E-state index in [0.717, 1.165) is 31.5 Å². The molecule has 0 bridgehead atoms. The highest BCUT2D eigenvalue weighted by molar-refractivity contribution is 4.90. The maximum atomic E-state index is 8.64. The number of aryl methyl sites for hydroxylation is 1. The summed E-state index contributed by atoms with van der Waals surface area (Å²) in [6, 6.07) is 0. The van der Waals surface area contributed by atoms with Gasteiger partial charge in [0.05, 0.1) is 0 Å². The lowest BCUT2D eigenvalue weighted by molar-refractivity contribution is 0.280. The van der Waals surface area contributed by atoms with Gasteiger partial charge in [0.25, 0.3) is 0 Å². The van der Waals surface area contributed by atoms with Gasteiger partial charge in [0.15, 0.2) is 5.82 Å². The fourth-order valence-electron chi connectivity index (χ4n) is 1.33. The first-order valence-electron chi connectivity index (χ1n) is 5.43. The third-order valence-corrected chi connectivity index (χ3v) is 2.00. The average molecular weight is 212 g/mol. The molecule has 0 aliphatic heterocycles. The van der Waals surface area contributed by atoms with Crippen molar-refractivity contribution in [3.63, 3.8) is 0 Å². The van der Waals surface area contributed by atoms with Crippen LogP contribution in [-0.2, 0) is 12.8 Å². The normalized spacial score (nSPS) is 12.0. The number of aromatic nitrogens is 2. The number of hydrogen-bond donors (Lipinski definition) is 1. The van der Waals surface area contributed by atoms with Crippen molar-refractivity contribution in [2.75, 3.05) is 6.61 Å². The van der Waals surface area contributed by atoms with Gasteiger partial charge in [-0.2, -0.15) is 4.98 Å². The van der Waals surface area contributed by atoms with E-state index in [4.69, 9.17) is 9.63 Å². The lowest BCUT2D eigenvalue weighted by Gasteiger charge is -2.14. The molecule has 0 amide bonds. The monoisotopic (exact) mass is 212 g/mol. The molecule has 0 fully saturated rings. The number of aliphatic hydroxyl groups excluding tert-OH is 1. The molecular weight excluding hydrogens is 192 g/mol. The molecule has 1 heterocycles. The van der Waals surface area contributed by atoms with Crippen LogP contribution >= 0.6 is 0 Å². The Hall–Kier alpha value is -0.900. The van der Waals surface area contributed by atoms with Crippen LogP contribution in [0.15, 0.2) is 4.52 Å². The molecular formula is C11H20N2O2. The zero-order chi connectivity index (χ0) is 11.3. The van der Waals surface area contributed by atoms with E-state index < -0.39 is 0 Å². The average Bonchev–Trinajstić information content (AvgIpc) is 2.50. The van der Waals surface area contributed by atoms with E-state index in [-0.39, 0.29) is 12.0 Å². The molecule has 0 radical (unpaired) electrons. The molecule has 0 saturated carbocycles. The minimum absolute atomic E-state index is 0.187. The van der Waals surface area contributed by atoms with Crippen LogP contribution in [0.5, 0.6) is 0 Å². The van der Waals surface area contributed by atoms with Crippen LogP contribution in [-0.4, -0.2) is 21.9 Å². The molecule has 0 aliphatic carbocycles. The molecule has 4 nitrogen and oxygen atoms in total. The van der Waals surface area contributed by atoms with Gasteiger partial charge >= 0.3 is 0 Å². The molecule has 0 unspecified atom stereocenters. The van der Waals surface area contributed by atoms with E-state index in [1.807, 2.05) is 0 Å². The van der Waals surface area contributed by atoms with Gasteiger partial charge in [0.1, 0.15) is 0 Å². The van der Waals surface area contributed by atoms with E-state index >= 15 is 0 Å². The standard InChI is InChI=1S/C11H20N2O2/c1-11(2,3)8-9-12-10(15-13-9)6-4-5-7-14/h14H,4-8H2,1-3H3. The maximum absolute atomic E-state index is 8.64. The van der Waals surface area contributed by atoms with Crippen LogP contribution in [0.2, 0.25) is 0 Å². The molecule has 0 aromatic carbocycles. The quantitative estimate of drug-likeness (QED) is 0.758. The number of unbranched alkanes of at least 4 members (excludes halogenated alkanes) is 1. The summed E-state index contributed by atoms with van der Waals surface area (Å²) in [7, 11) is 0. The summed E-state index contributed by atoms with van der Waals surface area (Å²) < 4.78 is 5.11. The van der Waals surface area contributed by atoms with Gasteiger partial charge in [0.2, 0.25) is 5.89 Å². The van der Waals surface area contributed by atoms with Gasteiger partial charge < -0.3 is 9.63 Å². The Bertz CT molecular complexity index is 289. The number of aliphatic hydroxyl groups is 1. The highest BCUT2D eigenvalue weighted by atomic mass is 16.5. The SMILES string of the molecule is CC(C)(C)Cc1noc(CCCCO)n1. The van der Waals surface area contributed by atoms with Crippen molar-refractivity contribution in [3.8, 4) is 0 Å². The van der Waals surface area contributed by atoms with Gasteiger partial charge in [-0.25, -0.2) is 0 Å². The molecule has 15 heavy (non-hydrogen) atoms. The zero-order valence-electron chi connectivity index (χ0n) is 9.79. The smallest absolute Gasteiger partial charge is 0.226 e. The lowest BCUT2D eigenvalue weighted by Crippen LogP contribution is -2.10. The first-order valence-corrected chi connectivity index (χ1v) is 5.43. The zero-order valence-corrected chi connectivity index (χ0v) is 9.79.